The predicted octanol–water partition coefficient (Wildman–Crippen LogP) is 5.73. The van der Waals surface area contributed by atoms with Gasteiger partial charge in [-0.05, 0) is 66.6 Å². The molecule has 2 aromatic carbocycles. The van der Waals surface area contributed by atoms with E-state index in [9.17, 15) is 9.90 Å². The molecule has 4 nitrogen and oxygen atoms in total. The van der Waals surface area contributed by atoms with Crippen LogP contribution in [0.15, 0.2) is 52.8 Å². The number of rotatable bonds is 7. The lowest BCUT2D eigenvalue weighted by molar-refractivity contribution is 0.0697. The van der Waals surface area contributed by atoms with Gasteiger partial charge in [0.2, 0.25) is 0 Å². The first-order valence-corrected chi connectivity index (χ1v) is 11.5. The molecular weight excluding hydrogens is 426 g/mol. The second-order valence-corrected chi connectivity index (χ2v) is 9.24. The normalized spacial score (nSPS) is 13.3. The number of carboxylic acid groups (broad SMARTS) is 1. The standard InChI is InChI=1S/C25H23NO3S2/c1-15(26-13-21(30)11-16-5-7-18(8-6-16)25(28)29)22-14-31-24(23(22)27)20-10-9-17-3-2-4-19(17)12-20/h5-10,12,14,27H,2-4,11,13H2,1H3,(H,28,29). The van der Waals surface area contributed by atoms with Crippen LogP contribution < -0.4 is 0 Å². The maximum absolute atomic E-state index is 11.0. The van der Waals surface area contributed by atoms with Crippen molar-refractivity contribution in [2.24, 2.45) is 4.99 Å². The summed E-state index contributed by atoms with van der Waals surface area (Å²) < 4.78 is 0. The van der Waals surface area contributed by atoms with E-state index >= 15 is 0 Å². The molecule has 0 unspecified atom stereocenters. The molecule has 31 heavy (non-hydrogen) atoms. The van der Waals surface area contributed by atoms with Gasteiger partial charge >= 0.3 is 5.97 Å². The minimum absolute atomic E-state index is 0.260. The molecule has 1 aliphatic carbocycles. The summed E-state index contributed by atoms with van der Waals surface area (Å²) in [7, 11) is 0. The van der Waals surface area contributed by atoms with E-state index in [0.717, 1.165) is 45.0 Å². The Hall–Kier alpha value is -2.83. The minimum Gasteiger partial charge on any atom is -0.506 e. The summed E-state index contributed by atoms with van der Waals surface area (Å²) in [4.78, 5) is 17.2. The molecule has 3 aromatic rings. The third kappa shape index (κ3) is 4.75. The summed E-state index contributed by atoms with van der Waals surface area (Å²) in [5.74, 6) is -0.663. The maximum atomic E-state index is 11.0. The molecule has 158 valence electrons. The molecule has 0 radical (unpaired) electrons. The average Bonchev–Trinajstić information content (AvgIpc) is 3.38. The number of carbonyl (C=O) groups is 1. The van der Waals surface area contributed by atoms with Crippen molar-refractivity contribution < 1.29 is 15.0 Å². The van der Waals surface area contributed by atoms with Gasteiger partial charge in [0.1, 0.15) is 5.75 Å². The fraction of sp³-hybridized carbons (Fsp3) is 0.240. The van der Waals surface area contributed by atoms with Crippen LogP contribution >= 0.6 is 23.6 Å². The highest BCUT2D eigenvalue weighted by molar-refractivity contribution is 7.80. The number of aryl methyl sites for hydroxylation is 2. The van der Waals surface area contributed by atoms with Crippen LogP contribution in [-0.2, 0) is 19.3 Å². The third-order valence-corrected chi connectivity index (χ3v) is 6.90. The van der Waals surface area contributed by atoms with E-state index in [1.165, 1.54) is 28.9 Å². The maximum Gasteiger partial charge on any atom is 0.335 e. The van der Waals surface area contributed by atoms with Crippen molar-refractivity contribution in [3.63, 3.8) is 0 Å². The van der Waals surface area contributed by atoms with Crippen LogP contribution in [0.3, 0.4) is 0 Å². The number of nitrogens with zero attached hydrogens (tertiary/aromatic N) is 1. The van der Waals surface area contributed by atoms with E-state index in [1.807, 2.05) is 12.3 Å². The van der Waals surface area contributed by atoms with Gasteiger partial charge in [-0.2, -0.15) is 0 Å². The number of hydrogen-bond acceptors (Lipinski definition) is 5. The predicted molar refractivity (Wildman–Crippen MR) is 130 cm³/mol. The van der Waals surface area contributed by atoms with E-state index in [1.54, 1.807) is 24.3 Å². The lowest BCUT2D eigenvalue weighted by Gasteiger charge is -2.06. The molecule has 0 bridgehead atoms. The summed E-state index contributed by atoms with van der Waals surface area (Å²) in [5, 5.41) is 21.8. The van der Waals surface area contributed by atoms with Crippen LogP contribution in [0.2, 0.25) is 0 Å². The molecule has 0 atom stereocenters. The first kappa shape index (κ1) is 21.4. The zero-order chi connectivity index (χ0) is 22.0. The zero-order valence-corrected chi connectivity index (χ0v) is 18.9. The Balaban J connectivity index is 1.44. The number of aliphatic imine (C=N–C) groups is 1. The van der Waals surface area contributed by atoms with E-state index in [4.69, 9.17) is 17.3 Å². The monoisotopic (exact) mass is 449 g/mol. The summed E-state index contributed by atoms with van der Waals surface area (Å²) >= 11 is 7.00. The van der Waals surface area contributed by atoms with E-state index in [-0.39, 0.29) is 11.3 Å². The fourth-order valence-corrected chi connectivity index (χ4v) is 5.10. The van der Waals surface area contributed by atoms with Gasteiger partial charge in [0, 0.05) is 27.9 Å². The Kier molecular flexibility index (Phi) is 6.30. The first-order chi connectivity index (χ1) is 14.9. The van der Waals surface area contributed by atoms with Gasteiger partial charge in [-0.3, -0.25) is 4.99 Å². The van der Waals surface area contributed by atoms with Crippen LogP contribution in [0.4, 0.5) is 0 Å². The minimum atomic E-state index is -0.941. The summed E-state index contributed by atoms with van der Waals surface area (Å²) in [6.45, 7) is 2.27. The largest absolute Gasteiger partial charge is 0.506 e. The lowest BCUT2D eigenvalue weighted by Crippen LogP contribution is -2.07. The number of thiophene rings is 1. The Morgan fingerprint density at radius 2 is 1.87 bits per heavy atom. The van der Waals surface area contributed by atoms with E-state index in [0.29, 0.717) is 13.0 Å². The summed E-state index contributed by atoms with van der Waals surface area (Å²) in [6.07, 6.45) is 4.02. The number of hydrogen-bond donors (Lipinski definition) is 2. The first-order valence-electron chi connectivity index (χ1n) is 10.2. The number of thiocarbonyl (C=S) groups is 1. The number of aromatic carboxylic acids is 1. The fourth-order valence-electron chi connectivity index (χ4n) is 3.87. The number of aromatic hydroxyl groups is 1. The van der Waals surface area contributed by atoms with E-state index in [2.05, 4.69) is 23.2 Å². The Morgan fingerprint density at radius 1 is 1.13 bits per heavy atom. The summed E-state index contributed by atoms with van der Waals surface area (Å²) in [5.41, 5.74) is 6.58. The number of carboxylic acids is 1. The molecule has 0 saturated carbocycles. The zero-order valence-electron chi connectivity index (χ0n) is 17.2. The molecule has 1 aromatic heterocycles. The highest BCUT2D eigenvalue weighted by Crippen LogP contribution is 2.40. The smallest absolute Gasteiger partial charge is 0.335 e. The van der Waals surface area contributed by atoms with Gasteiger partial charge < -0.3 is 10.2 Å². The van der Waals surface area contributed by atoms with Crippen LogP contribution in [0.25, 0.3) is 10.4 Å². The van der Waals surface area contributed by atoms with Gasteiger partial charge in [-0.1, -0.05) is 36.5 Å². The molecular formula is C25H23NO3S2. The molecule has 0 amide bonds. The highest BCUT2D eigenvalue weighted by Gasteiger charge is 2.17. The van der Waals surface area contributed by atoms with Crippen molar-refractivity contribution in [2.75, 3.05) is 6.54 Å². The van der Waals surface area contributed by atoms with Gasteiger partial charge in [-0.15, -0.1) is 11.3 Å². The molecule has 4 rings (SSSR count). The van der Waals surface area contributed by atoms with Crippen LogP contribution in [0, 0.1) is 0 Å². The van der Waals surface area contributed by atoms with Crippen molar-refractivity contribution in [3.05, 3.63) is 75.7 Å². The Labute approximate surface area is 190 Å². The molecule has 0 spiro atoms. The van der Waals surface area contributed by atoms with E-state index < -0.39 is 5.97 Å². The molecule has 1 heterocycles. The van der Waals surface area contributed by atoms with Crippen LogP contribution in [0.1, 0.15) is 46.0 Å². The average molecular weight is 450 g/mol. The lowest BCUT2D eigenvalue weighted by atomic mass is 10.0. The SMILES string of the molecule is CC(=NCC(=S)Cc1ccc(C(=O)O)cc1)c1csc(-c2ccc3c(c2)CCC3)c1O. The number of fused-ring (bicyclic) bond motifs is 1. The molecule has 0 fully saturated rings. The van der Waals surface area contributed by atoms with Gasteiger partial charge in [0.05, 0.1) is 17.0 Å². The van der Waals surface area contributed by atoms with Crippen molar-refractivity contribution in [1.82, 2.24) is 0 Å². The topological polar surface area (TPSA) is 69.9 Å². The number of benzene rings is 2. The Morgan fingerprint density at radius 3 is 2.61 bits per heavy atom. The Bertz CT molecular complexity index is 1180. The second kappa shape index (κ2) is 9.12. The molecule has 6 heteroatoms. The molecule has 0 aliphatic heterocycles. The molecule has 2 N–H and O–H groups in total. The molecule has 1 aliphatic rings. The summed E-state index contributed by atoms with van der Waals surface area (Å²) in [6, 6.07) is 13.2. The van der Waals surface area contributed by atoms with Crippen molar-refractivity contribution in [3.8, 4) is 16.2 Å². The van der Waals surface area contributed by atoms with Crippen molar-refractivity contribution in [1.29, 1.82) is 0 Å². The van der Waals surface area contributed by atoms with Gasteiger partial charge in [0.15, 0.2) is 0 Å². The van der Waals surface area contributed by atoms with Gasteiger partial charge in [0.25, 0.3) is 0 Å². The molecule has 0 saturated heterocycles. The quantitative estimate of drug-likeness (QED) is 0.357. The highest BCUT2D eigenvalue weighted by atomic mass is 32.1. The van der Waals surface area contributed by atoms with Crippen molar-refractivity contribution >= 4 is 40.1 Å². The van der Waals surface area contributed by atoms with Gasteiger partial charge in [-0.25, -0.2) is 4.79 Å². The van der Waals surface area contributed by atoms with Crippen molar-refractivity contribution in [2.45, 2.75) is 32.6 Å². The third-order valence-electron chi connectivity index (χ3n) is 5.61. The van der Waals surface area contributed by atoms with Crippen LogP contribution in [0.5, 0.6) is 5.75 Å². The second-order valence-electron chi connectivity index (χ2n) is 7.78. The van der Waals surface area contributed by atoms with Crippen LogP contribution in [-0.4, -0.2) is 33.3 Å².